The lowest BCUT2D eigenvalue weighted by Crippen LogP contribution is -2.17. The lowest BCUT2D eigenvalue weighted by atomic mass is 10.2. The van der Waals surface area contributed by atoms with Crippen LogP contribution in [0.3, 0.4) is 0 Å². The number of halogens is 2. The van der Waals surface area contributed by atoms with Crippen LogP contribution < -0.4 is 10.5 Å². The van der Waals surface area contributed by atoms with Gasteiger partial charge in [0.15, 0.2) is 0 Å². The zero-order chi connectivity index (χ0) is 12.3. The van der Waals surface area contributed by atoms with Gasteiger partial charge in [-0.25, -0.2) is 0 Å². The van der Waals surface area contributed by atoms with E-state index in [0.29, 0.717) is 22.3 Å². The van der Waals surface area contributed by atoms with E-state index >= 15 is 0 Å². The fourth-order valence-corrected chi connectivity index (χ4v) is 2.59. The third kappa shape index (κ3) is 3.13. The number of thiophene rings is 1. The fraction of sp³-hybridized carbons (Fsp3) is 0.167. The van der Waals surface area contributed by atoms with E-state index in [9.17, 15) is 0 Å². The second-order valence-electron chi connectivity index (χ2n) is 3.47. The number of benzene rings is 1. The van der Waals surface area contributed by atoms with Crippen molar-refractivity contribution in [3.05, 3.63) is 50.6 Å². The van der Waals surface area contributed by atoms with Gasteiger partial charge in [0.2, 0.25) is 0 Å². The molecule has 1 aromatic heterocycles. The minimum Gasteiger partial charge on any atom is -0.483 e. The van der Waals surface area contributed by atoms with Gasteiger partial charge in [0.25, 0.3) is 0 Å². The Bertz CT molecular complexity index is 487. The highest BCUT2D eigenvalue weighted by atomic mass is 35.5. The van der Waals surface area contributed by atoms with Crippen LogP contribution in [0.1, 0.15) is 11.7 Å². The summed E-state index contributed by atoms with van der Waals surface area (Å²) in [7, 11) is 0. The van der Waals surface area contributed by atoms with E-state index < -0.39 is 0 Å². The van der Waals surface area contributed by atoms with Crippen molar-refractivity contribution in [2.75, 3.05) is 6.54 Å². The average molecular weight is 288 g/mol. The zero-order valence-corrected chi connectivity index (χ0v) is 11.2. The molecule has 0 spiro atoms. The van der Waals surface area contributed by atoms with E-state index in [1.165, 1.54) is 0 Å². The van der Waals surface area contributed by atoms with Crippen molar-refractivity contribution in [2.24, 2.45) is 5.73 Å². The third-order valence-electron chi connectivity index (χ3n) is 2.29. The van der Waals surface area contributed by atoms with Crippen LogP contribution in [-0.2, 0) is 0 Å². The van der Waals surface area contributed by atoms with Crippen LogP contribution in [0.25, 0.3) is 0 Å². The predicted molar refractivity (Wildman–Crippen MR) is 73.2 cm³/mol. The number of hydrogen-bond acceptors (Lipinski definition) is 3. The Kier molecular flexibility index (Phi) is 4.29. The van der Waals surface area contributed by atoms with E-state index in [4.69, 9.17) is 33.7 Å². The van der Waals surface area contributed by atoms with Crippen LogP contribution >= 0.6 is 34.5 Å². The molecule has 2 nitrogen and oxygen atoms in total. The largest absolute Gasteiger partial charge is 0.483 e. The Labute approximate surface area is 114 Å². The molecule has 90 valence electrons. The average Bonchev–Trinajstić information content (AvgIpc) is 2.81. The monoisotopic (exact) mass is 287 g/mol. The maximum atomic E-state index is 6.04. The Morgan fingerprint density at radius 2 is 2.12 bits per heavy atom. The molecule has 0 aliphatic rings. The number of nitrogens with two attached hydrogens (primary N) is 1. The SMILES string of the molecule is NCC(Oc1ccc(Cl)cc1Cl)c1ccsc1. The Balaban J connectivity index is 2.19. The number of hydrogen-bond donors (Lipinski definition) is 1. The van der Waals surface area contributed by atoms with Crippen molar-refractivity contribution in [1.29, 1.82) is 0 Å². The van der Waals surface area contributed by atoms with Gasteiger partial charge < -0.3 is 10.5 Å². The van der Waals surface area contributed by atoms with E-state index in [0.717, 1.165) is 5.56 Å². The molecule has 0 saturated carbocycles. The van der Waals surface area contributed by atoms with Crippen molar-refractivity contribution in [3.63, 3.8) is 0 Å². The molecule has 1 unspecified atom stereocenters. The molecule has 17 heavy (non-hydrogen) atoms. The lowest BCUT2D eigenvalue weighted by Gasteiger charge is -2.17. The predicted octanol–water partition coefficient (Wildman–Crippen LogP) is 4.13. The van der Waals surface area contributed by atoms with Crippen LogP contribution in [0.15, 0.2) is 35.0 Å². The van der Waals surface area contributed by atoms with Crippen LogP contribution in [0.5, 0.6) is 5.75 Å². The minimum absolute atomic E-state index is 0.181. The van der Waals surface area contributed by atoms with Crippen molar-refractivity contribution < 1.29 is 4.74 Å². The van der Waals surface area contributed by atoms with E-state index in [1.807, 2.05) is 16.8 Å². The zero-order valence-electron chi connectivity index (χ0n) is 8.90. The second-order valence-corrected chi connectivity index (χ2v) is 5.10. The van der Waals surface area contributed by atoms with E-state index in [-0.39, 0.29) is 6.10 Å². The molecule has 0 aliphatic carbocycles. The quantitative estimate of drug-likeness (QED) is 0.918. The van der Waals surface area contributed by atoms with Crippen molar-refractivity contribution >= 4 is 34.5 Å². The topological polar surface area (TPSA) is 35.2 Å². The smallest absolute Gasteiger partial charge is 0.139 e. The van der Waals surface area contributed by atoms with Gasteiger partial charge in [0.05, 0.1) is 5.02 Å². The first-order valence-corrected chi connectivity index (χ1v) is 6.74. The highest BCUT2D eigenvalue weighted by Gasteiger charge is 2.13. The molecule has 0 fully saturated rings. The van der Waals surface area contributed by atoms with Gasteiger partial charge >= 0.3 is 0 Å². The van der Waals surface area contributed by atoms with Gasteiger partial charge in [0.1, 0.15) is 11.9 Å². The summed E-state index contributed by atoms with van der Waals surface area (Å²) < 4.78 is 5.78. The van der Waals surface area contributed by atoms with Crippen LogP contribution in [0, 0.1) is 0 Å². The summed E-state index contributed by atoms with van der Waals surface area (Å²) in [6.07, 6.45) is -0.181. The normalized spacial score (nSPS) is 12.4. The van der Waals surface area contributed by atoms with Crippen molar-refractivity contribution in [3.8, 4) is 5.75 Å². The first-order valence-electron chi connectivity index (χ1n) is 5.04. The highest BCUT2D eigenvalue weighted by molar-refractivity contribution is 7.07. The van der Waals surface area contributed by atoms with E-state index in [1.54, 1.807) is 29.5 Å². The van der Waals surface area contributed by atoms with E-state index in [2.05, 4.69) is 0 Å². The summed E-state index contributed by atoms with van der Waals surface area (Å²) >= 11 is 13.5. The van der Waals surface area contributed by atoms with Gasteiger partial charge in [-0.1, -0.05) is 23.2 Å². The standard InChI is InChI=1S/C12H11Cl2NOS/c13-9-1-2-11(10(14)5-9)16-12(6-15)8-3-4-17-7-8/h1-5,7,12H,6,15H2. The Morgan fingerprint density at radius 3 is 2.71 bits per heavy atom. The van der Waals surface area contributed by atoms with Crippen molar-refractivity contribution in [1.82, 2.24) is 0 Å². The van der Waals surface area contributed by atoms with Crippen LogP contribution in [0.4, 0.5) is 0 Å². The molecule has 2 N–H and O–H groups in total. The van der Waals surface area contributed by atoms with Gasteiger partial charge in [-0.05, 0) is 35.0 Å². The minimum atomic E-state index is -0.181. The summed E-state index contributed by atoms with van der Waals surface area (Å²) in [5.74, 6) is 0.595. The lowest BCUT2D eigenvalue weighted by molar-refractivity contribution is 0.215. The molecule has 1 atom stereocenters. The molecule has 0 saturated heterocycles. The molecule has 0 amide bonds. The fourth-order valence-electron chi connectivity index (χ4n) is 1.43. The Morgan fingerprint density at radius 1 is 1.29 bits per heavy atom. The summed E-state index contributed by atoms with van der Waals surface area (Å²) in [6.45, 7) is 0.399. The van der Waals surface area contributed by atoms with Crippen LogP contribution in [0.2, 0.25) is 10.0 Å². The molecule has 5 heteroatoms. The van der Waals surface area contributed by atoms with Gasteiger partial charge in [-0.3, -0.25) is 0 Å². The summed E-state index contributed by atoms with van der Waals surface area (Å²) in [5, 5.41) is 5.08. The first-order chi connectivity index (χ1) is 8.20. The molecule has 2 aromatic rings. The third-order valence-corrected chi connectivity index (χ3v) is 3.52. The molecular weight excluding hydrogens is 277 g/mol. The van der Waals surface area contributed by atoms with Crippen molar-refractivity contribution in [2.45, 2.75) is 6.10 Å². The Hall–Kier alpha value is -0.740. The van der Waals surface area contributed by atoms with Gasteiger partial charge in [-0.15, -0.1) is 0 Å². The molecule has 0 aliphatic heterocycles. The molecule has 0 bridgehead atoms. The first kappa shape index (κ1) is 12.7. The highest BCUT2D eigenvalue weighted by Crippen LogP contribution is 2.31. The maximum absolute atomic E-state index is 6.04. The number of rotatable bonds is 4. The maximum Gasteiger partial charge on any atom is 0.139 e. The second kappa shape index (κ2) is 5.74. The molecule has 1 aromatic carbocycles. The van der Waals surface area contributed by atoms with Gasteiger partial charge in [-0.2, -0.15) is 11.3 Å². The summed E-state index contributed by atoms with van der Waals surface area (Å²) in [6, 6.07) is 7.13. The molecule has 0 radical (unpaired) electrons. The summed E-state index contributed by atoms with van der Waals surface area (Å²) in [5.41, 5.74) is 6.76. The van der Waals surface area contributed by atoms with Crippen LogP contribution in [-0.4, -0.2) is 6.54 Å². The summed E-state index contributed by atoms with van der Waals surface area (Å²) in [4.78, 5) is 0. The van der Waals surface area contributed by atoms with Gasteiger partial charge in [0, 0.05) is 17.1 Å². The molecular formula is C12H11Cl2NOS. The molecule has 1 heterocycles. The molecule has 2 rings (SSSR count). The number of ether oxygens (including phenoxy) is 1.